The third kappa shape index (κ3) is 4.74. The van der Waals surface area contributed by atoms with Crippen LogP contribution in [0.15, 0.2) is 217 Å². The summed E-state index contributed by atoms with van der Waals surface area (Å²) in [6.45, 7) is 0. The standard InChI is InChI=1S/C55H35NO2/c1-2-15-37(16-3-1)42-20-8-12-27-50(42)56(39-29-31-51-38(33-39)34-54(57-51)45-23-14-18-36-17-4-5-19-41(36)45)40-30-32-53-49(35-40)55(48-26-11-13-28-52(48)58-53)46-24-9-6-21-43(46)44-22-7-10-25-47(44)55/h1-35H. The minimum Gasteiger partial charge on any atom is -0.457 e. The van der Waals surface area contributed by atoms with Gasteiger partial charge < -0.3 is 14.1 Å². The first kappa shape index (κ1) is 32.6. The predicted octanol–water partition coefficient (Wildman–Crippen LogP) is 14.9. The van der Waals surface area contributed by atoms with E-state index in [-0.39, 0.29) is 0 Å². The molecule has 2 aliphatic rings. The second-order valence-corrected chi connectivity index (χ2v) is 15.2. The average Bonchev–Trinajstić information content (AvgIpc) is 3.85. The highest BCUT2D eigenvalue weighted by Crippen LogP contribution is 2.62. The minimum absolute atomic E-state index is 0.583. The van der Waals surface area contributed by atoms with Gasteiger partial charge in [0.15, 0.2) is 0 Å². The Kier molecular flexibility index (Phi) is 7.14. The van der Waals surface area contributed by atoms with E-state index in [0.29, 0.717) is 0 Å². The van der Waals surface area contributed by atoms with Crippen molar-refractivity contribution in [3.8, 4) is 45.1 Å². The summed E-state index contributed by atoms with van der Waals surface area (Å²) in [5, 5.41) is 3.40. The summed E-state index contributed by atoms with van der Waals surface area (Å²) >= 11 is 0. The Labute approximate surface area is 336 Å². The molecule has 1 aliphatic heterocycles. The number of para-hydroxylation sites is 2. The number of anilines is 3. The second-order valence-electron chi connectivity index (χ2n) is 15.2. The molecule has 0 saturated carbocycles. The molecular formula is C55H35NO2. The van der Waals surface area contributed by atoms with Crippen molar-refractivity contribution in [3.05, 3.63) is 235 Å². The van der Waals surface area contributed by atoms with Gasteiger partial charge >= 0.3 is 0 Å². The maximum Gasteiger partial charge on any atom is 0.136 e. The normalized spacial score (nSPS) is 13.1. The summed E-state index contributed by atoms with van der Waals surface area (Å²) in [7, 11) is 0. The minimum atomic E-state index is -0.583. The van der Waals surface area contributed by atoms with Crippen molar-refractivity contribution < 1.29 is 9.15 Å². The zero-order chi connectivity index (χ0) is 38.2. The van der Waals surface area contributed by atoms with E-state index in [9.17, 15) is 0 Å². The molecule has 0 amide bonds. The van der Waals surface area contributed by atoms with E-state index in [2.05, 4.69) is 217 Å². The SMILES string of the molecule is c1ccc(-c2ccccc2N(c2ccc3c(c2)C2(c4ccccc4O3)c3ccccc3-c3ccccc32)c2ccc3oc(-c4cccc5ccccc45)cc3c2)cc1. The molecule has 0 fully saturated rings. The van der Waals surface area contributed by atoms with Crippen LogP contribution in [0.25, 0.3) is 55.3 Å². The third-order valence-corrected chi connectivity index (χ3v) is 12.1. The molecule has 0 bridgehead atoms. The fourth-order valence-corrected chi connectivity index (χ4v) is 9.68. The van der Waals surface area contributed by atoms with Gasteiger partial charge in [-0.2, -0.15) is 0 Å². The highest BCUT2D eigenvalue weighted by molar-refractivity contribution is 5.99. The summed E-state index contributed by atoms with van der Waals surface area (Å²) in [5.41, 5.74) is 14.1. The molecule has 0 unspecified atom stereocenters. The lowest BCUT2D eigenvalue weighted by atomic mass is 9.66. The molecule has 1 aromatic heterocycles. The molecule has 3 heteroatoms. The number of nitrogens with zero attached hydrogens (tertiary/aromatic N) is 1. The quantitative estimate of drug-likeness (QED) is 0.176. The lowest BCUT2D eigenvalue weighted by molar-refractivity contribution is 0.436. The number of rotatable bonds is 5. The van der Waals surface area contributed by atoms with Crippen LogP contribution in [-0.2, 0) is 5.41 Å². The molecule has 3 nitrogen and oxygen atoms in total. The molecular weight excluding hydrogens is 707 g/mol. The predicted molar refractivity (Wildman–Crippen MR) is 237 cm³/mol. The van der Waals surface area contributed by atoms with Crippen molar-refractivity contribution in [1.29, 1.82) is 0 Å². The van der Waals surface area contributed by atoms with E-state index >= 15 is 0 Å². The third-order valence-electron chi connectivity index (χ3n) is 12.1. The smallest absolute Gasteiger partial charge is 0.136 e. The first-order valence-corrected chi connectivity index (χ1v) is 19.8. The van der Waals surface area contributed by atoms with Gasteiger partial charge in [-0.15, -0.1) is 0 Å². The van der Waals surface area contributed by atoms with E-state index in [1.807, 2.05) is 0 Å². The first-order valence-electron chi connectivity index (χ1n) is 19.8. The number of benzene rings is 9. The van der Waals surface area contributed by atoms with Gasteiger partial charge in [0.1, 0.15) is 22.8 Å². The highest BCUT2D eigenvalue weighted by atomic mass is 16.5. The highest BCUT2D eigenvalue weighted by Gasteiger charge is 2.51. The molecule has 2 heterocycles. The van der Waals surface area contributed by atoms with E-state index in [1.54, 1.807) is 0 Å². The molecule has 10 aromatic rings. The Morgan fingerprint density at radius 2 is 0.983 bits per heavy atom. The van der Waals surface area contributed by atoms with Gasteiger partial charge in [-0.3, -0.25) is 0 Å². The number of hydrogen-bond donors (Lipinski definition) is 0. The molecule has 0 N–H and O–H groups in total. The molecule has 0 atom stereocenters. The fourth-order valence-electron chi connectivity index (χ4n) is 9.68. The van der Waals surface area contributed by atoms with Gasteiger partial charge in [0.25, 0.3) is 0 Å². The molecule has 0 saturated heterocycles. The summed E-state index contributed by atoms with van der Waals surface area (Å²) in [5.74, 6) is 2.59. The number of hydrogen-bond acceptors (Lipinski definition) is 3. The van der Waals surface area contributed by atoms with E-state index in [0.717, 1.165) is 73.1 Å². The molecule has 272 valence electrons. The van der Waals surface area contributed by atoms with Crippen LogP contribution in [0.4, 0.5) is 17.1 Å². The Hall–Kier alpha value is -7.62. The Morgan fingerprint density at radius 1 is 0.379 bits per heavy atom. The largest absolute Gasteiger partial charge is 0.457 e. The number of fused-ring (bicyclic) bond motifs is 11. The number of ether oxygens (including phenoxy) is 1. The topological polar surface area (TPSA) is 25.6 Å². The lowest BCUT2D eigenvalue weighted by Crippen LogP contribution is -2.32. The van der Waals surface area contributed by atoms with Crippen LogP contribution in [0.2, 0.25) is 0 Å². The van der Waals surface area contributed by atoms with Crippen molar-refractivity contribution in [1.82, 2.24) is 0 Å². The van der Waals surface area contributed by atoms with E-state index in [4.69, 9.17) is 9.15 Å². The maximum absolute atomic E-state index is 6.84. The van der Waals surface area contributed by atoms with Gasteiger partial charge in [0.2, 0.25) is 0 Å². The summed E-state index contributed by atoms with van der Waals surface area (Å²) in [4.78, 5) is 2.40. The molecule has 0 radical (unpaired) electrons. The van der Waals surface area contributed by atoms with Crippen LogP contribution in [-0.4, -0.2) is 0 Å². The number of furan rings is 1. The van der Waals surface area contributed by atoms with E-state index < -0.39 is 5.41 Å². The molecule has 1 spiro atoms. The first-order chi connectivity index (χ1) is 28.8. The fraction of sp³-hybridized carbons (Fsp3) is 0.0182. The average molecular weight is 742 g/mol. The Bertz CT molecular complexity index is 3180. The Balaban J connectivity index is 1.10. The van der Waals surface area contributed by atoms with Crippen LogP contribution in [0.3, 0.4) is 0 Å². The monoisotopic (exact) mass is 741 g/mol. The molecule has 58 heavy (non-hydrogen) atoms. The second kappa shape index (κ2) is 12.7. The van der Waals surface area contributed by atoms with E-state index in [1.165, 1.54) is 33.0 Å². The lowest BCUT2D eigenvalue weighted by Gasteiger charge is -2.40. The van der Waals surface area contributed by atoms with Crippen LogP contribution in [0.1, 0.15) is 22.3 Å². The van der Waals surface area contributed by atoms with Crippen molar-refractivity contribution in [2.24, 2.45) is 0 Å². The van der Waals surface area contributed by atoms with Crippen LogP contribution in [0, 0.1) is 0 Å². The van der Waals surface area contributed by atoms with Gasteiger partial charge in [-0.05, 0) is 93.2 Å². The zero-order valence-electron chi connectivity index (χ0n) is 31.5. The summed E-state index contributed by atoms with van der Waals surface area (Å²) in [6, 6.07) is 76.0. The summed E-state index contributed by atoms with van der Waals surface area (Å²) in [6.07, 6.45) is 0. The Morgan fingerprint density at radius 3 is 1.81 bits per heavy atom. The summed E-state index contributed by atoms with van der Waals surface area (Å²) < 4.78 is 13.4. The van der Waals surface area contributed by atoms with Crippen molar-refractivity contribution >= 4 is 38.8 Å². The van der Waals surface area contributed by atoms with Gasteiger partial charge in [-0.25, -0.2) is 0 Å². The molecule has 1 aliphatic carbocycles. The van der Waals surface area contributed by atoms with Gasteiger partial charge in [0.05, 0.1) is 11.1 Å². The van der Waals surface area contributed by atoms with Crippen LogP contribution >= 0.6 is 0 Å². The van der Waals surface area contributed by atoms with Crippen molar-refractivity contribution in [2.45, 2.75) is 5.41 Å². The molecule has 9 aromatic carbocycles. The van der Waals surface area contributed by atoms with Crippen molar-refractivity contribution in [2.75, 3.05) is 4.90 Å². The van der Waals surface area contributed by atoms with Crippen LogP contribution in [0.5, 0.6) is 11.5 Å². The zero-order valence-corrected chi connectivity index (χ0v) is 31.5. The van der Waals surface area contributed by atoms with Gasteiger partial charge in [-0.1, -0.05) is 158 Å². The van der Waals surface area contributed by atoms with Crippen LogP contribution < -0.4 is 9.64 Å². The molecule has 12 rings (SSSR count). The maximum atomic E-state index is 6.84. The van der Waals surface area contributed by atoms with Gasteiger partial charge in [0, 0.05) is 39.0 Å². The van der Waals surface area contributed by atoms with Crippen molar-refractivity contribution in [3.63, 3.8) is 0 Å².